The average molecular weight is 322 g/mol. The van der Waals surface area contributed by atoms with E-state index in [0.717, 1.165) is 38.5 Å². The van der Waals surface area contributed by atoms with Crippen LogP contribution in [0.2, 0.25) is 0 Å². The van der Waals surface area contributed by atoms with Crippen molar-refractivity contribution in [3.8, 4) is 0 Å². The van der Waals surface area contributed by atoms with Gasteiger partial charge in [-0.25, -0.2) is 0 Å². The van der Waals surface area contributed by atoms with Gasteiger partial charge in [0, 0.05) is 24.9 Å². The predicted molar refractivity (Wildman–Crippen MR) is 84.9 cm³/mol. The Balaban J connectivity index is 1.36. The van der Waals surface area contributed by atoms with E-state index in [0.29, 0.717) is 24.0 Å². The summed E-state index contributed by atoms with van der Waals surface area (Å²) >= 11 is 0. The monoisotopic (exact) mass is 322 g/mol. The maximum Gasteiger partial charge on any atom is 0.169 e. The van der Waals surface area contributed by atoms with Crippen LogP contribution in [0.1, 0.15) is 70.6 Å². The Labute approximate surface area is 138 Å². The fourth-order valence-corrected chi connectivity index (χ4v) is 6.40. The molecule has 5 fully saturated rings. The number of ether oxygens (including phenoxy) is 3. The van der Waals surface area contributed by atoms with Crippen molar-refractivity contribution in [3.05, 3.63) is 0 Å². The summed E-state index contributed by atoms with van der Waals surface area (Å²) in [6.45, 7) is 0.324. The van der Waals surface area contributed by atoms with Crippen molar-refractivity contribution in [1.82, 2.24) is 0 Å². The fourth-order valence-electron chi connectivity index (χ4n) is 6.40. The minimum Gasteiger partial charge on any atom is -0.396 e. The summed E-state index contributed by atoms with van der Waals surface area (Å²) in [6.07, 6.45) is 13.8. The van der Waals surface area contributed by atoms with Crippen molar-refractivity contribution >= 4 is 0 Å². The molecule has 5 aliphatic rings. The van der Waals surface area contributed by atoms with Crippen LogP contribution >= 0.6 is 0 Å². The van der Waals surface area contributed by atoms with Gasteiger partial charge >= 0.3 is 0 Å². The van der Waals surface area contributed by atoms with E-state index in [4.69, 9.17) is 14.2 Å². The Bertz CT molecular complexity index is 460. The minimum atomic E-state index is -0.285. The molecule has 130 valence electrons. The zero-order valence-electron chi connectivity index (χ0n) is 14.0. The van der Waals surface area contributed by atoms with E-state index in [2.05, 4.69) is 0 Å². The van der Waals surface area contributed by atoms with Gasteiger partial charge in [0.15, 0.2) is 5.79 Å². The van der Waals surface area contributed by atoms with E-state index in [9.17, 15) is 5.11 Å². The van der Waals surface area contributed by atoms with Crippen molar-refractivity contribution in [2.24, 2.45) is 11.3 Å². The van der Waals surface area contributed by atoms with Crippen LogP contribution in [0.15, 0.2) is 0 Å². The van der Waals surface area contributed by atoms with Crippen molar-refractivity contribution in [1.29, 1.82) is 0 Å². The van der Waals surface area contributed by atoms with Gasteiger partial charge < -0.3 is 19.3 Å². The highest BCUT2D eigenvalue weighted by molar-refractivity contribution is 5.10. The topological polar surface area (TPSA) is 47.9 Å². The molecule has 4 heteroatoms. The third-order valence-electron chi connectivity index (χ3n) is 7.37. The maximum atomic E-state index is 9.32. The first-order chi connectivity index (χ1) is 11.2. The molecule has 2 bridgehead atoms. The summed E-state index contributed by atoms with van der Waals surface area (Å²) < 4.78 is 19.6. The number of aliphatic hydroxyl groups excluding tert-OH is 1. The van der Waals surface area contributed by atoms with Gasteiger partial charge in [-0.05, 0) is 57.3 Å². The lowest BCUT2D eigenvalue weighted by molar-refractivity contribution is -0.205. The van der Waals surface area contributed by atoms with E-state index in [1.807, 2.05) is 0 Å². The van der Waals surface area contributed by atoms with Gasteiger partial charge in [-0.2, -0.15) is 0 Å². The van der Waals surface area contributed by atoms with Crippen molar-refractivity contribution < 1.29 is 19.3 Å². The highest BCUT2D eigenvalue weighted by Gasteiger charge is 2.64. The molecule has 2 aliphatic heterocycles. The van der Waals surface area contributed by atoms with Crippen LogP contribution < -0.4 is 0 Å². The standard InChI is InChI=1S/C19H30O4/c20-9-6-13-4-5-16-18(10-13)11-14(21-16)17-15(12-18)22-19(23-17)7-2-1-3-8-19/h13-17,20H,1-12H2/t13-,14-,15-,16+,17?,18+/m1/s1. The van der Waals surface area contributed by atoms with Crippen LogP contribution in [-0.4, -0.2) is 41.9 Å². The Morgan fingerprint density at radius 3 is 2.57 bits per heavy atom. The molecule has 3 saturated carbocycles. The molecule has 2 heterocycles. The molecular formula is C19H30O4. The lowest BCUT2D eigenvalue weighted by atomic mass is 9.61. The van der Waals surface area contributed by atoms with Crippen LogP contribution in [0.25, 0.3) is 0 Å². The van der Waals surface area contributed by atoms with Gasteiger partial charge in [0.25, 0.3) is 0 Å². The summed E-state index contributed by atoms with van der Waals surface area (Å²) in [5, 5.41) is 9.32. The molecular weight excluding hydrogens is 292 g/mol. The molecule has 3 aliphatic carbocycles. The average Bonchev–Trinajstić information content (AvgIpc) is 3.04. The molecule has 1 N–H and O–H groups in total. The fraction of sp³-hybridized carbons (Fsp3) is 1.00. The number of aliphatic hydroxyl groups is 1. The third kappa shape index (κ3) is 2.32. The van der Waals surface area contributed by atoms with Gasteiger partial charge in [0.2, 0.25) is 0 Å². The van der Waals surface area contributed by atoms with E-state index in [-0.39, 0.29) is 24.1 Å². The van der Waals surface area contributed by atoms with E-state index in [1.54, 1.807) is 0 Å². The highest BCUT2D eigenvalue weighted by Crippen LogP contribution is 2.60. The molecule has 5 rings (SSSR count). The molecule has 2 saturated heterocycles. The molecule has 2 spiro atoms. The zero-order chi connectivity index (χ0) is 15.5. The number of hydrogen-bond donors (Lipinski definition) is 1. The van der Waals surface area contributed by atoms with Crippen LogP contribution in [0.5, 0.6) is 0 Å². The smallest absolute Gasteiger partial charge is 0.169 e. The summed E-state index contributed by atoms with van der Waals surface area (Å²) in [7, 11) is 0. The first kappa shape index (κ1) is 15.1. The molecule has 23 heavy (non-hydrogen) atoms. The normalized spacial score (nSPS) is 50.7. The third-order valence-corrected chi connectivity index (χ3v) is 7.37. The first-order valence-corrected chi connectivity index (χ1v) is 9.84. The van der Waals surface area contributed by atoms with Crippen molar-refractivity contribution in [2.45, 2.75) is 101 Å². The molecule has 6 atom stereocenters. The second-order valence-electron chi connectivity index (χ2n) is 8.80. The maximum absolute atomic E-state index is 9.32. The zero-order valence-corrected chi connectivity index (χ0v) is 14.0. The lowest BCUT2D eigenvalue weighted by Crippen LogP contribution is -2.46. The highest BCUT2D eigenvalue weighted by atomic mass is 16.8. The van der Waals surface area contributed by atoms with Gasteiger partial charge in [0.1, 0.15) is 6.10 Å². The minimum absolute atomic E-state index is 0.167. The molecule has 0 aromatic heterocycles. The number of rotatable bonds is 2. The van der Waals surface area contributed by atoms with Gasteiger partial charge in [0.05, 0.1) is 18.3 Å². The Hall–Kier alpha value is -0.160. The molecule has 0 aromatic carbocycles. The van der Waals surface area contributed by atoms with Gasteiger partial charge in [-0.1, -0.05) is 6.42 Å². The quantitative estimate of drug-likeness (QED) is 0.848. The van der Waals surface area contributed by atoms with Crippen LogP contribution in [0.4, 0.5) is 0 Å². The number of fused-ring (bicyclic) bond motifs is 3. The Morgan fingerprint density at radius 2 is 1.74 bits per heavy atom. The lowest BCUT2D eigenvalue weighted by Gasteiger charge is -2.44. The van der Waals surface area contributed by atoms with E-state index >= 15 is 0 Å². The molecule has 4 nitrogen and oxygen atoms in total. The van der Waals surface area contributed by atoms with Gasteiger partial charge in [-0.15, -0.1) is 0 Å². The summed E-state index contributed by atoms with van der Waals surface area (Å²) in [6, 6.07) is 0. The largest absolute Gasteiger partial charge is 0.396 e. The molecule has 0 aromatic rings. The van der Waals surface area contributed by atoms with Gasteiger partial charge in [-0.3, -0.25) is 0 Å². The molecule has 0 radical (unpaired) electrons. The predicted octanol–water partition coefficient (Wildman–Crippen LogP) is 3.16. The Morgan fingerprint density at radius 1 is 0.913 bits per heavy atom. The summed E-state index contributed by atoms with van der Waals surface area (Å²) in [5.41, 5.74) is 0.299. The summed E-state index contributed by atoms with van der Waals surface area (Å²) in [5.74, 6) is 0.383. The van der Waals surface area contributed by atoms with Crippen LogP contribution in [-0.2, 0) is 14.2 Å². The van der Waals surface area contributed by atoms with Crippen LogP contribution in [0, 0.1) is 11.3 Å². The van der Waals surface area contributed by atoms with Crippen molar-refractivity contribution in [3.63, 3.8) is 0 Å². The SMILES string of the molecule is OCC[C@H]1CC[C@@H]2O[C@@H]3C[C@@]2(C1)C[C@H]1OC2(CCCCC2)OC31. The second-order valence-corrected chi connectivity index (χ2v) is 8.80. The first-order valence-electron chi connectivity index (χ1n) is 9.84. The van der Waals surface area contributed by atoms with E-state index < -0.39 is 0 Å². The van der Waals surface area contributed by atoms with Crippen molar-refractivity contribution in [2.75, 3.05) is 6.61 Å². The molecule has 1 unspecified atom stereocenters. The van der Waals surface area contributed by atoms with E-state index in [1.165, 1.54) is 32.1 Å². The van der Waals surface area contributed by atoms with Crippen LogP contribution in [0.3, 0.4) is 0 Å². The second kappa shape index (κ2) is 5.42. The summed E-state index contributed by atoms with van der Waals surface area (Å²) in [4.78, 5) is 0. The molecule has 0 amide bonds. The number of hydrogen-bond acceptors (Lipinski definition) is 4. The Kier molecular flexibility index (Phi) is 3.56.